The Labute approximate surface area is 73.6 Å². The van der Waals surface area contributed by atoms with Crippen LogP contribution in [0.5, 0.6) is 0 Å². The Kier molecular flexibility index (Phi) is 3.11. The molecule has 0 saturated heterocycles. The first-order chi connectivity index (χ1) is 5.74. The van der Waals surface area contributed by atoms with Gasteiger partial charge in [-0.2, -0.15) is 0 Å². The molecule has 0 aromatic heterocycles. The summed E-state index contributed by atoms with van der Waals surface area (Å²) in [6.45, 7) is 2.77. The van der Waals surface area contributed by atoms with E-state index in [1.54, 1.807) is 0 Å². The highest BCUT2D eigenvalue weighted by Gasteiger charge is 1.97. The minimum absolute atomic E-state index is 0.729. The monoisotopic (exact) mass is 164 g/mol. The lowest BCUT2D eigenvalue weighted by Gasteiger charge is -2.04. The lowest BCUT2D eigenvalue weighted by atomic mass is 10.1. The summed E-state index contributed by atoms with van der Waals surface area (Å²) < 4.78 is 0. The third-order valence-corrected chi connectivity index (χ3v) is 1.95. The van der Waals surface area contributed by atoms with E-state index in [-0.39, 0.29) is 0 Å². The zero-order chi connectivity index (χ0) is 8.97. The van der Waals surface area contributed by atoms with E-state index in [9.17, 15) is 0 Å². The van der Waals surface area contributed by atoms with Crippen molar-refractivity contribution in [2.24, 2.45) is 5.73 Å². The predicted molar refractivity (Wildman–Crippen MR) is 53.0 cm³/mol. The van der Waals surface area contributed by atoms with Gasteiger partial charge in [0.25, 0.3) is 0 Å². The van der Waals surface area contributed by atoms with Gasteiger partial charge in [-0.25, -0.2) is 0 Å². The van der Waals surface area contributed by atoms with Crippen molar-refractivity contribution < 1.29 is 0 Å². The summed E-state index contributed by atoms with van der Waals surface area (Å²) in [5, 5.41) is 0. The number of rotatable bonds is 3. The summed E-state index contributed by atoms with van der Waals surface area (Å²) in [6.07, 6.45) is 2.00. The molecule has 12 heavy (non-hydrogen) atoms. The number of nitrogen functional groups attached to an aromatic ring is 1. The number of benzene rings is 1. The normalized spacial score (nSPS) is 10.2. The van der Waals surface area contributed by atoms with Gasteiger partial charge in [0, 0.05) is 5.69 Å². The van der Waals surface area contributed by atoms with Crippen LogP contribution >= 0.6 is 0 Å². The summed E-state index contributed by atoms with van der Waals surface area (Å²) in [5.74, 6) is 0. The highest BCUT2D eigenvalue weighted by molar-refractivity contribution is 5.48. The molecule has 0 aliphatic rings. The molecule has 0 amide bonds. The molecule has 0 saturated carbocycles. The largest absolute Gasteiger partial charge is 0.398 e. The molecular formula is C10H16N2. The van der Waals surface area contributed by atoms with Crippen LogP contribution in [0.4, 0.5) is 5.69 Å². The number of anilines is 1. The highest BCUT2D eigenvalue weighted by Crippen LogP contribution is 2.14. The maximum atomic E-state index is 5.82. The standard InChI is InChI=1S/C10H16N2/c1-8-4-5-9(3-2-6-11)10(12)7-8/h4-5,7H,2-3,6,11-12H2,1H3. The van der Waals surface area contributed by atoms with Crippen molar-refractivity contribution in [1.29, 1.82) is 0 Å². The Morgan fingerprint density at radius 3 is 2.67 bits per heavy atom. The predicted octanol–water partition coefficient (Wildman–Crippen LogP) is 1.47. The third-order valence-electron chi connectivity index (χ3n) is 1.95. The molecule has 0 aliphatic carbocycles. The zero-order valence-corrected chi connectivity index (χ0v) is 7.51. The fourth-order valence-electron chi connectivity index (χ4n) is 1.23. The van der Waals surface area contributed by atoms with Crippen molar-refractivity contribution in [1.82, 2.24) is 0 Å². The minimum atomic E-state index is 0.729. The maximum Gasteiger partial charge on any atom is 0.0349 e. The fourth-order valence-corrected chi connectivity index (χ4v) is 1.23. The Morgan fingerprint density at radius 1 is 1.33 bits per heavy atom. The van der Waals surface area contributed by atoms with Crippen LogP contribution in [0, 0.1) is 6.92 Å². The SMILES string of the molecule is Cc1ccc(CCCN)c(N)c1. The third kappa shape index (κ3) is 2.24. The minimum Gasteiger partial charge on any atom is -0.398 e. The average Bonchev–Trinajstić information content (AvgIpc) is 2.03. The van der Waals surface area contributed by atoms with Gasteiger partial charge in [0.2, 0.25) is 0 Å². The van der Waals surface area contributed by atoms with Gasteiger partial charge in [0.05, 0.1) is 0 Å². The van der Waals surface area contributed by atoms with Crippen LogP contribution in [0.1, 0.15) is 17.5 Å². The lowest BCUT2D eigenvalue weighted by molar-refractivity contribution is 0.834. The molecule has 0 bridgehead atoms. The number of hydrogen-bond donors (Lipinski definition) is 2. The molecule has 66 valence electrons. The molecule has 0 radical (unpaired) electrons. The second kappa shape index (κ2) is 4.12. The summed E-state index contributed by atoms with van der Waals surface area (Å²) in [4.78, 5) is 0. The Bertz CT molecular complexity index is 256. The van der Waals surface area contributed by atoms with Gasteiger partial charge in [-0.1, -0.05) is 12.1 Å². The van der Waals surface area contributed by atoms with E-state index in [0.717, 1.165) is 25.1 Å². The van der Waals surface area contributed by atoms with E-state index in [0.29, 0.717) is 0 Å². The molecule has 1 aromatic carbocycles. The van der Waals surface area contributed by atoms with Gasteiger partial charge in [-0.15, -0.1) is 0 Å². The van der Waals surface area contributed by atoms with E-state index >= 15 is 0 Å². The summed E-state index contributed by atoms with van der Waals surface area (Å²) in [7, 11) is 0. The smallest absolute Gasteiger partial charge is 0.0349 e. The van der Waals surface area contributed by atoms with Gasteiger partial charge in [0.15, 0.2) is 0 Å². The quantitative estimate of drug-likeness (QED) is 0.665. The molecule has 0 fully saturated rings. The summed E-state index contributed by atoms with van der Waals surface area (Å²) >= 11 is 0. The van der Waals surface area contributed by atoms with Crippen LogP contribution in [-0.4, -0.2) is 6.54 Å². The topological polar surface area (TPSA) is 52.0 Å². The van der Waals surface area contributed by atoms with Crippen molar-refractivity contribution in [3.8, 4) is 0 Å². The Hall–Kier alpha value is -1.02. The molecule has 0 spiro atoms. The van der Waals surface area contributed by atoms with E-state index < -0.39 is 0 Å². The molecule has 0 unspecified atom stereocenters. The number of aryl methyl sites for hydroxylation is 2. The second-order valence-corrected chi connectivity index (χ2v) is 3.09. The second-order valence-electron chi connectivity index (χ2n) is 3.09. The summed E-state index contributed by atoms with van der Waals surface area (Å²) in [6, 6.07) is 6.17. The van der Waals surface area contributed by atoms with E-state index in [4.69, 9.17) is 11.5 Å². The van der Waals surface area contributed by atoms with Gasteiger partial charge >= 0.3 is 0 Å². The molecule has 0 heterocycles. The van der Waals surface area contributed by atoms with Crippen LogP contribution in [0.15, 0.2) is 18.2 Å². The summed E-state index contributed by atoms with van der Waals surface area (Å²) in [5.41, 5.74) is 14.6. The van der Waals surface area contributed by atoms with Crippen LogP contribution in [0.3, 0.4) is 0 Å². The molecule has 4 N–H and O–H groups in total. The van der Waals surface area contributed by atoms with Crippen LogP contribution < -0.4 is 11.5 Å². The lowest BCUT2D eigenvalue weighted by Crippen LogP contribution is -2.02. The highest BCUT2D eigenvalue weighted by atomic mass is 14.6. The Balaban J connectivity index is 2.72. The molecule has 2 heteroatoms. The van der Waals surface area contributed by atoms with Crippen molar-refractivity contribution in [3.05, 3.63) is 29.3 Å². The van der Waals surface area contributed by atoms with Gasteiger partial charge in [-0.05, 0) is 43.5 Å². The first-order valence-electron chi connectivity index (χ1n) is 4.29. The molecule has 1 aromatic rings. The number of hydrogen-bond acceptors (Lipinski definition) is 2. The van der Waals surface area contributed by atoms with Crippen LogP contribution in [0.25, 0.3) is 0 Å². The molecule has 1 rings (SSSR count). The zero-order valence-electron chi connectivity index (χ0n) is 7.51. The van der Waals surface area contributed by atoms with E-state index in [2.05, 4.69) is 12.1 Å². The number of nitrogens with two attached hydrogens (primary N) is 2. The first kappa shape index (κ1) is 9.07. The van der Waals surface area contributed by atoms with E-state index in [1.165, 1.54) is 11.1 Å². The van der Waals surface area contributed by atoms with Crippen LogP contribution in [0.2, 0.25) is 0 Å². The van der Waals surface area contributed by atoms with Gasteiger partial charge < -0.3 is 11.5 Å². The molecule has 0 atom stereocenters. The van der Waals surface area contributed by atoms with E-state index in [1.807, 2.05) is 13.0 Å². The van der Waals surface area contributed by atoms with Crippen molar-refractivity contribution in [2.75, 3.05) is 12.3 Å². The maximum absolute atomic E-state index is 5.82. The fraction of sp³-hybridized carbons (Fsp3) is 0.400. The van der Waals surface area contributed by atoms with Crippen molar-refractivity contribution in [2.45, 2.75) is 19.8 Å². The Morgan fingerprint density at radius 2 is 2.08 bits per heavy atom. The van der Waals surface area contributed by atoms with Crippen molar-refractivity contribution in [3.63, 3.8) is 0 Å². The van der Waals surface area contributed by atoms with Crippen LogP contribution in [-0.2, 0) is 6.42 Å². The van der Waals surface area contributed by atoms with Gasteiger partial charge in [-0.3, -0.25) is 0 Å². The average molecular weight is 164 g/mol. The molecule has 2 nitrogen and oxygen atoms in total. The van der Waals surface area contributed by atoms with Gasteiger partial charge in [0.1, 0.15) is 0 Å². The molecular weight excluding hydrogens is 148 g/mol. The van der Waals surface area contributed by atoms with Crippen molar-refractivity contribution >= 4 is 5.69 Å². The first-order valence-corrected chi connectivity index (χ1v) is 4.29. The molecule has 0 aliphatic heterocycles.